The summed E-state index contributed by atoms with van der Waals surface area (Å²) in [5, 5.41) is 2.97. The molecule has 2 atom stereocenters. The molecule has 38 heavy (non-hydrogen) atoms. The second kappa shape index (κ2) is 11.7. The average molecular weight is 541 g/mol. The monoisotopic (exact) mass is 540 g/mol. The van der Waals surface area contributed by atoms with Crippen LogP contribution in [-0.2, 0) is 19.6 Å². The molecule has 0 saturated carbocycles. The molecule has 0 spiro atoms. The van der Waals surface area contributed by atoms with E-state index in [2.05, 4.69) is 10.2 Å². The lowest BCUT2D eigenvalue weighted by Gasteiger charge is -2.42. The van der Waals surface area contributed by atoms with Crippen LogP contribution in [0.2, 0.25) is 0 Å². The highest BCUT2D eigenvalue weighted by atomic mass is 32.2. The van der Waals surface area contributed by atoms with Crippen molar-refractivity contribution in [1.82, 2.24) is 19.4 Å². The molecule has 0 unspecified atom stereocenters. The summed E-state index contributed by atoms with van der Waals surface area (Å²) in [5.41, 5.74) is 2.78. The average Bonchev–Trinajstić information content (AvgIpc) is 2.89. The minimum absolute atomic E-state index is 0.212. The van der Waals surface area contributed by atoms with Gasteiger partial charge in [0, 0.05) is 44.5 Å². The van der Waals surface area contributed by atoms with Gasteiger partial charge in [-0.3, -0.25) is 9.80 Å². The van der Waals surface area contributed by atoms with Gasteiger partial charge < -0.3 is 10.1 Å². The molecular formula is C28H36N4O5S. The number of nitrogens with one attached hydrogen (secondary N) is 1. The van der Waals surface area contributed by atoms with Gasteiger partial charge in [-0.2, -0.15) is 4.31 Å². The molecule has 0 bridgehead atoms. The van der Waals surface area contributed by atoms with Gasteiger partial charge in [0.15, 0.2) is 0 Å². The van der Waals surface area contributed by atoms with Crippen molar-refractivity contribution in [2.45, 2.75) is 44.7 Å². The van der Waals surface area contributed by atoms with Crippen molar-refractivity contribution in [3.05, 3.63) is 77.0 Å². The predicted molar refractivity (Wildman–Crippen MR) is 145 cm³/mol. The number of ether oxygens (including phenoxy) is 1. The zero-order valence-corrected chi connectivity index (χ0v) is 23.2. The van der Waals surface area contributed by atoms with E-state index in [-0.39, 0.29) is 23.6 Å². The van der Waals surface area contributed by atoms with Crippen LogP contribution in [0.3, 0.4) is 0 Å². The Labute approximate surface area is 225 Å². The Morgan fingerprint density at radius 2 is 1.74 bits per heavy atom. The quantitative estimate of drug-likeness (QED) is 0.516. The molecule has 2 heterocycles. The number of hydrogen-bond acceptors (Lipinski definition) is 6. The molecule has 204 valence electrons. The number of likely N-dealkylation sites (N-methyl/N-ethyl adjacent to an activating group) is 1. The Balaban J connectivity index is 1.63. The van der Waals surface area contributed by atoms with Crippen molar-refractivity contribution < 1.29 is 22.7 Å². The Kier molecular flexibility index (Phi) is 8.54. The Morgan fingerprint density at radius 1 is 1.05 bits per heavy atom. The number of hydrogen-bond donors (Lipinski definition) is 1. The molecule has 4 rings (SSSR count). The van der Waals surface area contributed by atoms with Crippen molar-refractivity contribution in [1.29, 1.82) is 0 Å². The van der Waals surface area contributed by atoms with Crippen molar-refractivity contribution in [3.8, 4) is 0 Å². The maximum Gasteiger partial charge on any atom is 0.338 e. The molecule has 1 saturated heterocycles. The van der Waals surface area contributed by atoms with Crippen molar-refractivity contribution in [2.24, 2.45) is 0 Å². The maximum absolute atomic E-state index is 13.3. The highest BCUT2D eigenvalue weighted by Crippen LogP contribution is 2.32. The van der Waals surface area contributed by atoms with Gasteiger partial charge in [-0.15, -0.1) is 0 Å². The minimum atomic E-state index is -3.64. The van der Waals surface area contributed by atoms with E-state index in [4.69, 9.17) is 4.74 Å². The molecule has 0 radical (unpaired) electrons. The first-order valence-corrected chi connectivity index (χ1v) is 14.4. The molecule has 1 N–H and O–H groups in total. The van der Waals surface area contributed by atoms with Crippen LogP contribution >= 0.6 is 0 Å². The molecule has 9 nitrogen and oxygen atoms in total. The van der Waals surface area contributed by atoms with Crippen molar-refractivity contribution in [3.63, 3.8) is 0 Å². The number of benzene rings is 2. The van der Waals surface area contributed by atoms with E-state index in [0.717, 1.165) is 11.1 Å². The van der Waals surface area contributed by atoms with E-state index in [1.165, 1.54) is 4.31 Å². The first-order chi connectivity index (χ1) is 18.2. The van der Waals surface area contributed by atoms with Gasteiger partial charge in [-0.05, 0) is 45.4 Å². The fourth-order valence-electron chi connectivity index (χ4n) is 5.13. The van der Waals surface area contributed by atoms with Gasteiger partial charge in [0.1, 0.15) is 0 Å². The number of nitrogens with zero attached hydrogens (tertiary/aromatic N) is 3. The van der Waals surface area contributed by atoms with E-state index >= 15 is 0 Å². The Hall–Kier alpha value is -3.21. The number of esters is 1. The minimum Gasteiger partial charge on any atom is -0.463 e. The summed E-state index contributed by atoms with van der Waals surface area (Å²) in [6.45, 7) is 9.56. The first-order valence-electron chi connectivity index (χ1n) is 13.0. The van der Waals surface area contributed by atoms with Crippen molar-refractivity contribution >= 4 is 22.0 Å². The fourth-order valence-corrected chi connectivity index (χ4v) is 6.74. The molecule has 10 heteroatoms. The van der Waals surface area contributed by atoms with Gasteiger partial charge in [0.2, 0.25) is 10.0 Å². The third-order valence-corrected chi connectivity index (χ3v) is 9.06. The van der Waals surface area contributed by atoms with Crippen molar-refractivity contribution in [2.75, 3.05) is 39.3 Å². The van der Waals surface area contributed by atoms with Crippen LogP contribution in [0.15, 0.2) is 70.8 Å². The van der Waals surface area contributed by atoms with Gasteiger partial charge in [0.05, 0.1) is 23.1 Å². The predicted octanol–water partition coefficient (Wildman–Crippen LogP) is 3.29. The molecule has 1 fully saturated rings. The molecule has 2 aromatic carbocycles. The van der Waals surface area contributed by atoms with Crippen LogP contribution in [0, 0.1) is 6.92 Å². The SMILES string of the molecule is CCOC(=O)C1=C(CN2CCN(S(=O)(=O)c3ccc(C)cc3)[C@H](C)C2)N(CC)C(=O)N[C@H]1c1ccccc1. The van der Waals surface area contributed by atoms with Gasteiger partial charge in [-0.25, -0.2) is 18.0 Å². The number of rotatable bonds is 8. The number of sulfonamides is 1. The second-order valence-electron chi connectivity index (χ2n) is 9.63. The molecule has 0 aromatic heterocycles. The summed E-state index contributed by atoms with van der Waals surface area (Å²) in [6, 6.07) is 15.0. The summed E-state index contributed by atoms with van der Waals surface area (Å²) in [4.78, 5) is 30.4. The lowest BCUT2D eigenvalue weighted by molar-refractivity contribution is -0.139. The van der Waals surface area contributed by atoms with Gasteiger partial charge in [-0.1, -0.05) is 48.0 Å². The van der Waals surface area contributed by atoms with Gasteiger partial charge in [0.25, 0.3) is 0 Å². The Bertz CT molecular complexity index is 1290. The third-order valence-electron chi connectivity index (χ3n) is 7.03. The fraction of sp³-hybridized carbons (Fsp3) is 0.429. The maximum atomic E-state index is 13.3. The summed E-state index contributed by atoms with van der Waals surface area (Å²) >= 11 is 0. The smallest absolute Gasteiger partial charge is 0.338 e. The van der Waals surface area contributed by atoms with E-state index in [9.17, 15) is 18.0 Å². The van der Waals surface area contributed by atoms with E-state index in [1.54, 1.807) is 36.1 Å². The van der Waals surface area contributed by atoms with Gasteiger partial charge >= 0.3 is 12.0 Å². The summed E-state index contributed by atoms with van der Waals surface area (Å²) in [6.07, 6.45) is 0. The first kappa shape index (κ1) is 27.8. The van der Waals surface area contributed by atoms with Crippen LogP contribution in [0.25, 0.3) is 0 Å². The normalized spacial score (nSPS) is 21.4. The van der Waals surface area contributed by atoms with Crippen LogP contribution in [0.5, 0.6) is 0 Å². The summed E-state index contributed by atoms with van der Waals surface area (Å²) in [5.74, 6) is -0.469. The Morgan fingerprint density at radius 3 is 2.34 bits per heavy atom. The van der Waals surface area contributed by atoms with Crippen LogP contribution in [0.1, 0.15) is 37.9 Å². The highest BCUT2D eigenvalue weighted by molar-refractivity contribution is 7.89. The molecule has 2 aromatic rings. The van der Waals surface area contributed by atoms with Crippen LogP contribution in [-0.4, -0.2) is 79.9 Å². The zero-order chi connectivity index (χ0) is 27.4. The second-order valence-corrected chi connectivity index (χ2v) is 11.5. The lowest BCUT2D eigenvalue weighted by Crippen LogP contribution is -2.56. The lowest BCUT2D eigenvalue weighted by atomic mass is 9.94. The molecule has 2 amide bonds. The van der Waals surface area contributed by atoms with E-state index in [1.807, 2.05) is 51.1 Å². The zero-order valence-electron chi connectivity index (χ0n) is 22.4. The van der Waals surface area contributed by atoms with Crippen LogP contribution < -0.4 is 5.32 Å². The number of amides is 2. The van der Waals surface area contributed by atoms with E-state index in [0.29, 0.717) is 44.0 Å². The summed E-state index contributed by atoms with van der Waals surface area (Å²) < 4.78 is 33.6. The van der Waals surface area contributed by atoms with E-state index < -0.39 is 22.0 Å². The van der Waals surface area contributed by atoms with Crippen LogP contribution in [0.4, 0.5) is 4.79 Å². The third kappa shape index (κ3) is 5.62. The number of piperazine rings is 1. The largest absolute Gasteiger partial charge is 0.463 e. The topological polar surface area (TPSA) is 99.3 Å². The number of carbonyl (C=O) groups is 2. The summed E-state index contributed by atoms with van der Waals surface area (Å²) in [7, 11) is -3.64. The highest BCUT2D eigenvalue weighted by Gasteiger charge is 2.40. The molecular weight excluding hydrogens is 504 g/mol. The standard InChI is InChI=1S/C28H36N4O5S/c1-5-31-24(25(27(33)37-6-2)26(29-28(31)34)22-10-8-7-9-11-22)19-30-16-17-32(21(4)18-30)38(35,36)23-14-12-20(3)13-15-23/h7-15,21,26H,5-6,16-19H2,1-4H3,(H,29,34)/t21-,26+/m1/s1. The number of aryl methyl sites for hydroxylation is 1. The molecule has 2 aliphatic rings. The molecule has 2 aliphatic heterocycles. The number of urea groups is 1. The molecule has 0 aliphatic carbocycles. The number of carbonyl (C=O) groups excluding carboxylic acids is 2.